The van der Waals surface area contributed by atoms with Crippen molar-refractivity contribution < 1.29 is 4.74 Å². The van der Waals surface area contributed by atoms with Gasteiger partial charge >= 0.3 is 0 Å². The quantitative estimate of drug-likeness (QED) is 0.774. The van der Waals surface area contributed by atoms with Crippen LogP contribution in [-0.2, 0) is 0 Å². The lowest BCUT2D eigenvalue weighted by molar-refractivity contribution is 0.242. The normalized spacial score (nSPS) is 10.7. The molecule has 0 bridgehead atoms. The summed E-state index contributed by atoms with van der Waals surface area (Å²) in [7, 11) is 0. The van der Waals surface area contributed by atoms with E-state index < -0.39 is 0 Å². The topological polar surface area (TPSA) is 62.3 Å². The van der Waals surface area contributed by atoms with Gasteiger partial charge in [0.2, 0.25) is 0 Å². The number of nitriles is 1. The molecule has 0 spiro atoms. The van der Waals surface area contributed by atoms with Crippen LogP contribution in [0.4, 0.5) is 11.4 Å². The van der Waals surface area contributed by atoms with Crippen LogP contribution in [0.2, 0.25) is 0 Å². The molecule has 1 rings (SSSR count). The van der Waals surface area contributed by atoms with Gasteiger partial charge in [-0.15, -0.1) is 0 Å². The Morgan fingerprint density at radius 2 is 1.95 bits per heavy atom. The van der Waals surface area contributed by atoms with Gasteiger partial charge in [0.1, 0.15) is 5.75 Å². The van der Waals surface area contributed by atoms with E-state index in [-0.39, 0.29) is 6.10 Å². The molecule has 0 amide bonds. The van der Waals surface area contributed by atoms with Gasteiger partial charge in [0, 0.05) is 36.6 Å². The number of anilines is 2. The number of hydrogen-bond donors (Lipinski definition) is 1. The Labute approximate surface area is 122 Å². The minimum Gasteiger partial charge on any atom is -0.491 e. The molecule has 0 saturated carbocycles. The molecule has 0 aliphatic heterocycles. The fourth-order valence-corrected chi connectivity index (χ4v) is 2.08. The molecule has 0 fully saturated rings. The van der Waals surface area contributed by atoms with Crippen molar-refractivity contribution in [2.45, 2.75) is 40.2 Å². The van der Waals surface area contributed by atoms with Crippen LogP contribution in [0.25, 0.3) is 0 Å². The molecule has 0 atom stereocenters. The number of nitrogens with zero attached hydrogens (tertiary/aromatic N) is 2. The van der Waals surface area contributed by atoms with Crippen molar-refractivity contribution in [2.24, 2.45) is 5.92 Å². The molecule has 0 radical (unpaired) electrons. The molecule has 1 aromatic carbocycles. The number of rotatable bonds is 7. The summed E-state index contributed by atoms with van der Waals surface area (Å²) >= 11 is 0. The van der Waals surface area contributed by atoms with Crippen LogP contribution in [0.3, 0.4) is 0 Å². The highest BCUT2D eigenvalue weighted by molar-refractivity contribution is 5.60. The predicted molar refractivity (Wildman–Crippen MR) is 83.9 cm³/mol. The van der Waals surface area contributed by atoms with Crippen molar-refractivity contribution in [3.05, 3.63) is 18.2 Å². The molecular weight excluding hydrogens is 250 g/mol. The highest BCUT2D eigenvalue weighted by Gasteiger charge is 2.11. The molecule has 0 aliphatic rings. The van der Waals surface area contributed by atoms with E-state index in [0.29, 0.717) is 24.6 Å². The molecule has 4 nitrogen and oxygen atoms in total. The van der Waals surface area contributed by atoms with Gasteiger partial charge in [0.25, 0.3) is 0 Å². The summed E-state index contributed by atoms with van der Waals surface area (Å²) < 4.78 is 5.72. The first-order valence-corrected chi connectivity index (χ1v) is 7.11. The standard InChI is InChI=1S/C16H25N3O/c1-12(2)11-19(7-5-6-17)15-8-14(18)9-16(10-15)20-13(3)4/h8-10,12-13H,5,7,11,18H2,1-4H3. The first-order valence-electron chi connectivity index (χ1n) is 7.11. The van der Waals surface area contributed by atoms with Crippen LogP contribution >= 0.6 is 0 Å². The lowest BCUT2D eigenvalue weighted by Gasteiger charge is -2.27. The molecule has 0 saturated heterocycles. The Kier molecular flexibility index (Phi) is 6.17. The summed E-state index contributed by atoms with van der Waals surface area (Å²) in [4.78, 5) is 2.19. The van der Waals surface area contributed by atoms with Crippen LogP contribution in [0, 0.1) is 17.2 Å². The van der Waals surface area contributed by atoms with E-state index in [1.165, 1.54) is 0 Å². The minimum atomic E-state index is 0.113. The maximum absolute atomic E-state index is 8.80. The summed E-state index contributed by atoms with van der Waals surface area (Å²) in [6.45, 7) is 9.91. The van der Waals surface area contributed by atoms with Gasteiger partial charge in [-0.05, 0) is 25.8 Å². The van der Waals surface area contributed by atoms with E-state index in [0.717, 1.165) is 18.0 Å². The van der Waals surface area contributed by atoms with Crippen LogP contribution < -0.4 is 15.4 Å². The molecule has 0 aliphatic carbocycles. The van der Waals surface area contributed by atoms with Gasteiger partial charge in [-0.25, -0.2) is 0 Å². The van der Waals surface area contributed by atoms with Gasteiger partial charge < -0.3 is 15.4 Å². The highest BCUT2D eigenvalue weighted by Crippen LogP contribution is 2.27. The van der Waals surface area contributed by atoms with Crippen LogP contribution in [0.15, 0.2) is 18.2 Å². The SMILES string of the molecule is CC(C)CN(CCC#N)c1cc(N)cc(OC(C)C)c1. The summed E-state index contributed by atoms with van der Waals surface area (Å²) in [5.74, 6) is 1.30. The van der Waals surface area contributed by atoms with E-state index >= 15 is 0 Å². The third-order valence-electron chi connectivity index (χ3n) is 2.73. The smallest absolute Gasteiger partial charge is 0.123 e. The predicted octanol–water partition coefficient (Wildman–Crippen LogP) is 3.43. The van der Waals surface area contributed by atoms with Gasteiger partial charge in [-0.2, -0.15) is 5.26 Å². The largest absolute Gasteiger partial charge is 0.491 e. The number of ether oxygens (including phenoxy) is 1. The number of benzene rings is 1. The van der Waals surface area contributed by atoms with Crippen molar-refractivity contribution in [3.63, 3.8) is 0 Å². The van der Waals surface area contributed by atoms with Crippen LogP contribution in [0.1, 0.15) is 34.1 Å². The molecule has 0 aromatic heterocycles. The summed E-state index contributed by atoms with van der Waals surface area (Å²) in [6, 6.07) is 7.97. The van der Waals surface area contributed by atoms with Crippen LogP contribution in [0.5, 0.6) is 5.75 Å². The Morgan fingerprint density at radius 3 is 2.50 bits per heavy atom. The summed E-state index contributed by atoms with van der Waals surface area (Å²) in [6.07, 6.45) is 0.615. The Balaban J connectivity index is 2.99. The summed E-state index contributed by atoms with van der Waals surface area (Å²) in [5.41, 5.74) is 7.66. The Bertz CT molecular complexity index is 463. The number of nitrogen functional groups attached to an aromatic ring is 1. The monoisotopic (exact) mass is 275 g/mol. The van der Waals surface area contributed by atoms with Crippen molar-refractivity contribution in [2.75, 3.05) is 23.7 Å². The third-order valence-corrected chi connectivity index (χ3v) is 2.73. The average molecular weight is 275 g/mol. The molecule has 0 heterocycles. The average Bonchev–Trinajstić information content (AvgIpc) is 2.32. The second-order valence-corrected chi connectivity index (χ2v) is 5.67. The maximum Gasteiger partial charge on any atom is 0.123 e. The van der Waals surface area contributed by atoms with Crippen LogP contribution in [-0.4, -0.2) is 19.2 Å². The zero-order valence-electron chi connectivity index (χ0n) is 12.9. The molecule has 2 N–H and O–H groups in total. The summed E-state index contributed by atoms with van der Waals surface area (Å²) in [5, 5.41) is 8.80. The molecule has 110 valence electrons. The molecule has 1 aromatic rings. The maximum atomic E-state index is 8.80. The van der Waals surface area contributed by atoms with E-state index in [4.69, 9.17) is 15.7 Å². The zero-order valence-corrected chi connectivity index (χ0v) is 12.9. The highest BCUT2D eigenvalue weighted by atomic mass is 16.5. The van der Waals surface area contributed by atoms with E-state index in [1.807, 2.05) is 32.0 Å². The van der Waals surface area contributed by atoms with Crippen molar-refractivity contribution in [3.8, 4) is 11.8 Å². The number of hydrogen-bond acceptors (Lipinski definition) is 4. The Morgan fingerprint density at radius 1 is 1.25 bits per heavy atom. The molecular formula is C16H25N3O. The third kappa shape index (κ3) is 5.40. The van der Waals surface area contributed by atoms with Crippen molar-refractivity contribution in [1.82, 2.24) is 0 Å². The first-order chi connectivity index (χ1) is 9.42. The zero-order chi connectivity index (χ0) is 15.1. The Hall–Kier alpha value is -1.89. The van der Waals surface area contributed by atoms with Crippen molar-refractivity contribution >= 4 is 11.4 Å². The lowest BCUT2D eigenvalue weighted by atomic mass is 10.1. The molecule has 20 heavy (non-hydrogen) atoms. The van der Waals surface area contributed by atoms with Crippen molar-refractivity contribution in [1.29, 1.82) is 5.26 Å². The van der Waals surface area contributed by atoms with E-state index in [1.54, 1.807) is 0 Å². The fraction of sp³-hybridized carbons (Fsp3) is 0.562. The van der Waals surface area contributed by atoms with Gasteiger partial charge in [0.15, 0.2) is 0 Å². The van der Waals surface area contributed by atoms with Gasteiger partial charge in [-0.1, -0.05) is 13.8 Å². The number of nitrogens with two attached hydrogens (primary N) is 1. The first kappa shape index (κ1) is 16.2. The molecule has 0 unspecified atom stereocenters. The minimum absolute atomic E-state index is 0.113. The second kappa shape index (κ2) is 7.64. The van der Waals surface area contributed by atoms with E-state index in [2.05, 4.69) is 24.8 Å². The fourth-order valence-electron chi connectivity index (χ4n) is 2.08. The molecule has 4 heteroatoms. The van der Waals surface area contributed by atoms with E-state index in [9.17, 15) is 0 Å². The second-order valence-electron chi connectivity index (χ2n) is 5.67. The van der Waals surface area contributed by atoms with Gasteiger partial charge in [0.05, 0.1) is 18.6 Å². The van der Waals surface area contributed by atoms with Gasteiger partial charge in [-0.3, -0.25) is 0 Å². The lowest BCUT2D eigenvalue weighted by Crippen LogP contribution is -2.28.